The van der Waals surface area contributed by atoms with Gasteiger partial charge in [0.25, 0.3) is 0 Å². The minimum absolute atomic E-state index is 0.117. The SMILES string of the molecule is CCCCc1nc(-c2ccc(C(F)(F)F)cc2)sc1Cn1ccc2cc(O)cnc21. The number of halogens is 3. The molecule has 0 aliphatic heterocycles. The van der Waals surface area contributed by atoms with Gasteiger partial charge in [0.05, 0.1) is 24.0 Å². The predicted molar refractivity (Wildman–Crippen MR) is 112 cm³/mol. The lowest BCUT2D eigenvalue weighted by molar-refractivity contribution is -0.137. The van der Waals surface area contributed by atoms with Crippen LogP contribution in [-0.4, -0.2) is 19.6 Å². The van der Waals surface area contributed by atoms with Gasteiger partial charge in [-0.25, -0.2) is 9.97 Å². The van der Waals surface area contributed by atoms with Gasteiger partial charge in [0, 0.05) is 22.0 Å². The van der Waals surface area contributed by atoms with Gasteiger partial charge in [0.15, 0.2) is 0 Å². The highest BCUT2D eigenvalue weighted by atomic mass is 32.1. The minimum atomic E-state index is -4.35. The Morgan fingerprint density at radius 2 is 1.90 bits per heavy atom. The monoisotopic (exact) mass is 431 g/mol. The molecule has 4 rings (SSSR count). The number of fused-ring (bicyclic) bond motifs is 1. The topological polar surface area (TPSA) is 50.9 Å². The van der Waals surface area contributed by atoms with E-state index in [-0.39, 0.29) is 5.75 Å². The van der Waals surface area contributed by atoms with E-state index in [9.17, 15) is 18.3 Å². The predicted octanol–water partition coefficient (Wildman–Crippen LogP) is 6.28. The Morgan fingerprint density at radius 3 is 2.60 bits per heavy atom. The molecule has 0 saturated carbocycles. The molecule has 3 heterocycles. The molecular formula is C22H20F3N3OS. The van der Waals surface area contributed by atoms with Crippen LogP contribution in [0.3, 0.4) is 0 Å². The fourth-order valence-corrected chi connectivity index (χ4v) is 4.43. The van der Waals surface area contributed by atoms with E-state index in [0.29, 0.717) is 17.1 Å². The van der Waals surface area contributed by atoms with E-state index < -0.39 is 11.7 Å². The van der Waals surface area contributed by atoms with Crippen molar-refractivity contribution in [2.45, 2.75) is 38.9 Å². The molecule has 0 radical (unpaired) electrons. The largest absolute Gasteiger partial charge is 0.506 e. The highest BCUT2D eigenvalue weighted by Crippen LogP contribution is 2.34. The molecule has 1 N–H and O–H groups in total. The van der Waals surface area contributed by atoms with Gasteiger partial charge in [-0.2, -0.15) is 13.2 Å². The van der Waals surface area contributed by atoms with Gasteiger partial charge in [-0.1, -0.05) is 25.5 Å². The normalized spacial score (nSPS) is 12.0. The van der Waals surface area contributed by atoms with Gasteiger partial charge in [-0.05, 0) is 37.1 Å². The second kappa shape index (κ2) is 8.10. The van der Waals surface area contributed by atoms with Crippen molar-refractivity contribution >= 4 is 22.4 Å². The third-order valence-electron chi connectivity index (χ3n) is 4.91. The number of hydrogen-bond donors (Lipinski definition) is 1. The third kappa shape index (κ3) is 4.18. The second-order valence-corrected chi connectivity index (χ2v) is 8.20. The summed E-state index contributed by atoms with van der Waals surface area (Å²) in [4.78, 5) is 10.1. The van der Waals surface area contributed by atoms with E-state index in [1.807, 2.05) is 16.8 Å². The number of unbranched alkanes of at least 4 members (excludes halogenated alkanes) is 1. The van der Waals surface area contributed by atoms with Gasteiger partial charge >= 0.3 is 6.18 Å². The maximum Gasteiger partial charge on any atom is 0.416 e. The number of pyridine rings is 1. The van der Waals surface area contributed by atoms with Gasteiger partial charge < -0.3 is 9.67 Å². The molecule has 4 nitrogen and oxygen atoms in total. The van der Waals surface area contributed by atoms with Crippen molar-refractivity contribution in [2.75, 3.05) is 0 Å². The molecule has 0 atom stereocenters. The molecular weight excluding hydrogens is 411 g/mol. The zero-order chi connectivity index (χ0) is 21.3. The van der Waals surface area contributed by atoms with E-state index in [1.54, 1.807) is 6.07 Å². The smallest absolute Gasteiger partial charge is 0.416 e. The van der Waals surface area contributed by atoms with Gasteiger partial charge in [-0.15, -0.1) is 11.3 Å². The fraction of sp³-hybridized carbons (Fsp3) is 0.273. The standard InChI is InChI=1S/C22H20F3N3OS/c1-2-3-4-18-19(13-28-10-9-15-11-17(29)12-26-20(15)28)30-21(27-18)14-5-7-16(8-6-14)22(23,24)25/h5-12,29H,2-4,13H2,1H3. The van der Waals surface area contributed by atoms with Crippen LogP contribution in [-0.2, 0) is 19.1 Å². The number of aryl methyl sites for hydroxylation is 1. The molecule has 0 unspecified atom stereocenters. The fourth-order valence-electron chi connectivity index (χ4n) is 3.32. The van der Waals surface area contributed by atoms with Gasteiger partial charge in [-0.3, -0.25) is 0 Å². The van der Waals surface area contributed by atoms with E-state index in [2.05, 4.69) is 11.9 Å². The summed E-state index contributed by atoms with van der Waals surface area (Å²) in [5.41, 5.74) is 1.75. The van der Waals surface area contributed by atoms with Crippen LogP contribution in [0.5, 0.6) is 5.75 Å². The Labute approximate surface area is 175 Å². The van der Waals surface area contributed by atoms with Crippen LogP contribution < -0.4 is 0 Å². The molecule has 0 aliphatic carbocycles. The summed E-state index contributed by atoms with van der Waals surface area (Å²) in [6.07, 6.45) is 1.81. The summed E-state index contributed by atoms with van der Waals surface area (Å²) in [6, 6.07) is 8.70. The number of alkyl halides is 3. The highest BCUT2D eigenvalue weighted by molar-refractivity contribution is 7.15. The first kappa shape index (κ1) is 20.4. The van der Waals surface area contributed by atoms with Crippen molar-refractivity contribution in [3.05, 3.63) is 64.9 Å². The summed E-state index contributed by atoms with van der Waals surface area (Å²) in [6.45, 7) is 2.68. The van der Waals surface area contributed by atoms with Crippen LogP contribution in [0.2, 0.25) is 0 Å². The Morgan fingerprint density at radius 1 is 1.13 bits per heavy atom. The van der Waals surface area contributed by atoms with Crippen LogP contribution in [0.15, 0.2) is 48.8 Å². The van der Waals surface area contributed by atoms with Crippen LogP contribution in [0.25, 0.3) is 21.6 Å². The van der Waals surface area contributed by atoms with Gasteiger partial charge in [0.1, 0.15) is 16.4 Å². The van der Waals surface area contributed by atoms with Crippen molar-refractivity contribution in [3.63, 3.8) is 0 Å². The zero-order valence-electron chi connectivity index (χ0n) is 16.3. The van der Waals surface area contributed by atoms with Crippen molar-refractivity contribution in [2.24, 2.45) is 0 Å². The minimum Gasteiger partial charge on any atom is -0.506 e. The van der Waals surface area contributed by atoms with Crippen molar-refractivity contribution in [3.8, 4) is 16.3 Å². The Bertz CT molecular complexity index is 1160. The molecule has 0 aliphatic rings. The van der Waals surface area contributed by atoms with E-state index >= 15 is 0 Å². The van der Waals surface area contributed by atoms with Crippen LogP contribution in [0.1, 0.15) is 35.9 Å². The summed E-state index contributed by atoms with van der Waals surface area (Å²) < 4.78 is 40.6. The lowest BCUT2D eigenvalue weighted by Gasteiger charge is -2.06. The molecule has 4 aromatic rings. The van der Waals surface area contributed by atoms with E-state index in [4.69, 9.17) is 4.98 Å². The summed E-state index contributed by atoms with van der Waals surface area (Å²) in [5, 5.41) is 11.2. The average Bonchev–Trinajstić information content (AvgIpc) is 3.30. The number of hydrogen-bond acceptors (Lipinski definition) is 4. The van der Waals surface area contributed by atoms with Crippen molar-refractivity contribution in [1.29, 1.82) is 0 Å². The van der Waals surface area contributed by atoms with E-state index in [0.717, 1.165) is 53.0 Å². The van der Waals surface area contributed by atoms with Crippen molar-refractivity contribution in [1.82, 2.24) is 14.5 Å². The number of aromatic hydroxyl groups is 1. The lowest BCUT2D eigenvalue weighted by atomic mass is 10.1. The molecule has 8 heteroatoms. The molecule has 1 aromatic carbocycles. The number of aromatic nitrogens is 3. The number of thiazole rings is 1. The first-order chi connectivity index (χ1) is 14.3. The second-order valence-electron chi connectivity index (χ2n) is 7.12. The third-order valence-corrected chi connectivity index (χ3v) is 6.04. The van der Waals surface area contributed by atoms with Crippen LogP contribution in [0.4, 0.5) is 13.2 Å². The first-order valence-electron chi connectivity index (χ1n) is 9.65. The van der Waals surface area contributed by atoms with Crippen LogP contribution in [0, 0.1) is 0 Å². The lowest BCUT2D eigenvalue weighted by Crippen LogP contribution is -2.03. The average molecular weight is 431 g/mol. The molecule has 3 aromatic heterocycles. The molecule has 0 spiro atoms. The first-order valence-corrected chi connectivity index (χ1v) is 10.5. The Balaban J connectivity index is 1.67. The maximum atomic E-state index is 12.9. The molecule has 0 fully saturated rings. The molecule has 156 valence electrons. The quantitative estimate of drug-likeness (QED) is 0.391. The summed E-state index contributed by atoms with van der Waals surface area (Å²) >= 11 is 1.50. The molecule has 0 amide bonds. The number of rotatable bonds is 6. The summed E-state index contributed by atoms with van der Waals surface area (Å²) in [7, 11) is 0. The highest BCUT2D eigenvalue weighted by Gasteiger charge is 2.30. The zero-order valence-corrected chi connectivity index (χ0v) is 17.1. The Kier molecular flexibility index (Phi) is 5.51. The molecule has 0 bridgehead atoms. The molecule has 0 saturated heterocycles. The molecule has 30 heavy (non-hydrogen) atoms. The Hall–Kier alpha value is -2.87. The number of nitrogens with zero attached hydrogens (tertiary/aromatic N) is 3. The summed E-state index contributed by atoms with van der Waals surface area (Å²) in [5.74, 6) is 0.117. The number of benzene rings is 1. The van der Waals surface area contributed by atoms with E-state index in [1.165, 1.54) is 29.7 Å². The van der Waals surface area contributed by atoms with Crippen molar-refractivity contribution < 1.29 is 18.3 Å². The van der Waals surface area contributed by atoms with Crippen LogP contribution >= 0.6 is 11.3 Å². The van der Waals surface area contributed by atoms with Gasteiger partial charge in [0.2, 0.25) is 0 Å². The maximum absolute atomic E-state index is 12.9.